The standard InChI is InChI=1S/C25H25N6O8P/c32-25(29-16-9-5-2-6-10-16)30-22-19-23(27-13-26-22)31(14-28-19)24-21-20(17(37-24)12-36-40(33,34)35)38-18(39-21)11-15-7-3-1-4-8-15/h1-10,13-14,17-18,20-21,24H,11-12H2,(H2,33,34,35)(H2,26,27,29,30,32)/t17-,18?,20?,21?,24?/m1/s1. The van der Waals surface area contributed by atoms with E-state index >= 15 is 0 Å². The largest absolute Gasteiger partial charge is 0.469 e. The highest BCUT2D eigenvalue weighted by Gasteiger charge is 2.54. The molecule has 2 saturated heterocycles. The highest BCUT2D eigenvalue weighted by Crippen LogP contribution is 2.43. The summed E-state index contributed by atoms with van der Waals surface area (Å²) in [5, 5.41) is 5.40. The van der Waals surface area contributed by atoms with Crippen molar-refractivity contribution >= 4 is 36.5 Å². The summed E-state index contributed by atoms with van der Waals surface area (Å²) in [5.41, 5.74) is 2.26. The summed E-state index contributed by atoms with van der Waals surface area (Å²) in [6.45, 7) is -0.419. The molecule has 0 aliphatic carbocycles. The third-order valence-corrected chi connectivity index (χ3v) is 6.94. The van der Waals surface area contributed by atoms with E-state index in [0.29, 0.717) is 23.3 Å². The van der Waals surface area contributed by atoms with E-state index in [1.807, 2.05) is 36.4 Å². The van der Waals surface area contributed by atoms with E-state index in [1.54, 1.807) is 28.8 Å². The minimum Gasteiger partial charge on any atom is -0.347 e. The van der Waals surface area contributed by atoms with E-state index < -0.39 is 51.3 Å². The average molecular weight is 568 g/mol. The van der Waals surface area contributed by atoms with Crippen molar-refractivity contribution in [2.75, 3.05) is 17.2 Å². The molecule has 0 radical (unpaired) electrons. The van der Waals surface area contributed by atoms with Crippen molar-refractivity contribution in [1.29, 1.82) is 0 Å². The molecule has 0 bridgehead atoms. The smallest absolute Gasteiger partial charge is 0.347 e. The summed E-state index contributed by atoms with van der Waals surface area (Å²) in [4.78, 5) is 43.9. The molecule has 4 N–H and O–H groups in total. The Labute approximate surface area is 227 Å². The molecule has 2 aromatic carbocycles. The normalized spacial score (nSPS) is 24.2. The van der Waals surface area contributed by atoms with Gasteiger partial charge in [0.05, 0.1) is 12.9 Å². The van der Waals surface area contributed by atoms with Crippen LogP contribution in [0, 0.1) is 0 Å². The molecule has 4 heterocycles. The van der Waals surface area contributed by atoms with Crippen molar-refractivity contribution < 1.29 is 37.9 Å². The second-order valence-corrected chi connectivity index (χ2v) is 10.4. The van der Waals surface area contributed by atoms with Crippen LogP contribution in [0.1, 0.15) is 11.8 Å². The molecular formula is C25H25N6O8P. The van der Waals surface area contributed by atoms with Crippen molar-refractivity contribution in [2.24, 2.45) is 0 Å². The molecule has 14 nitrogen and oxygen atoms in total. The number of hydrogen-bond acceptors (Lipinski definition) is 9. The van der Waals surface area contributed by atoms with E-state index in [4.69, 9.17) is 18.7 Å². The lowest BCUT2D eigenvalue weighted by Crippen LogP contribution is -2.31. The first-order chi connectivity index (χ1) is 19.3. The molecule has 2 aliphatic heterocycles. The quantitative estimate of drug-likeness (QED) is 0.230. The van der Waals surface area contributed by atoms with Crippen molar-refractivity contribution in [3.63, 3.8) is 0 Å². The molecule has 0 saturated carbocycles. The number of imidazole rings is 1. The van der Waals surface area contributed by atoms with Gasteiger partial charge in [-0.2, -0.15) is 0 Å². The number of hydrogen-bond donors (Lipinski definition) is 4. The number of ether oxygens (including phenoxy) is 3. The van der Waals surface area contributed by atoms with Crippen LogP contribution in [0.2, 0.25) is 0 Å². The monoisotopic (exact) mass is 568 g/mol. The van der Waals surface area contributed by atoms with Crippen molar-refractivity contribution in [2.45, 2.75) is 37.3 Å². The zero-order valence-electron chi connectivity index (χ0n) is 20.8. The molecule has 15 heteroatoms. The van der Waals surface area contributed by atoms with Crippen LogP contribution in [0.4, 0.5) is 16.3 Å². The zero-order chi connectivity index (χ0) is 27.7. The van der Waals surface area contributed by atoms with Crippen molar-refractivity contribution in [3.05, 3.63) is 78.9 Å². The number of urea groups is 1. The number of fused-ring (bicyclic) bond motifs is 2. The molecule has 5 atom stereocenters. The molecule has 6 rings (SSSR count). The Morgan fingerprint density at radius 2 is 1.68 bits per heavy atom. The van der Waals surface area contributed by atoms with E-state index in [1.165, 1.54) is 12.7 Å². The Balaban J connectivity index is 1.24. The van der Waals surface area contributed by atoms with E-state index in [9.17, 15) is 19.1 Å². The molecule has 2 amide bonds. The summed E-state index contributed by atoms with van der Waals surface area (Å²) in [6, 6.07) is 18.1. The summed E-state index contributed by atoms with van der Waals surface area (Å²) in [6.07, 6.45) is -0.415. The highest BCUT2D eigenvalue weighted by atomic mass is 31.2. The number of carbonyl (C=O) groups excluding carboxylic acids is 1. The zero-order valence-corrected chi connectivity index (χ0v) is 21.7. The first-order valence-corrected chi connectivity index (χ1v) is 13.9. The van der Waals surface area contributed by atoms with E-state index in [-0.39, 0.29) is 5.82 Å². The van der Waals surface area contributed by atoms with Gasteiger partial charge in [0.15, 0.2) is 29.5 Å². The maximum Gasteiger partial charge on any atom is 0.469 e. The Kier molecular flexibility index (Phi) is 7.29. The predicted octanol–water partition coefficient (Wildman–Crippen LogP) is 2.83. The van der Waals surface area contributed by atoms with Crippen LogP contribution in [-0.2, 0) is 29.7 Å². The second-order valence-electron chi connectivity index (χ2n) is 9.16. The number of nitrogens with one attached hydrogen (secondary N) is 2. The third-order valence-electron chi connectivity index (χ3n) is 6.45. The predicted molar refractivity (Wildman–Crippen MR) is 140 cm³/mol. The number of amides is 2. The molecule has 4 unspecified atom stereocenters. The van der Waals surface area contributed by atoms with Crippen LogP contribution in [-0.4, -0.2) is 66.5 Å². The van der Waals surface area contributed by atoms with Crippen LogP contribution in [0.15, 0.2) is 73.3 Å². The Hall–Kier alpha value is -3.75. The lowest BCUT2D eigenvalue weighted by molar-refractivity contribution is -0.149. The summed E-state index contributed by atoms with van der Waals surface area (Å²) < 4.78 is 36.2. The number of aromatic nitrogens is 4. The summed E-state index contributed by atoms with van der Waals surface area (Å²) in [7, 11) is -4.75. The van der Waals surface area contributed by atoms with Gasteiger partial charge in [-0.1, -0.05) is 48.5 Å². The minimum absolute atomic E-state index is 0.179. The van der Waals surface area contributed by atoms with E-state index in [2.05, 4.69) is 25.6 Å². The Bertz CT molecular complexity index is 1530. The van der Waals surface area contributed by atoms with Crippen LogP contribution in [0.25, 0.3) is 11.2 Å². The summed E-state index contributed by atoms with van der Waals surface area (Å²) >= 11 is 0. The number of phosphoric acid groups is 1. The Morgan fingerprint density at radius 3 is 2.42 bits per heavy atom. The van der Waals surface area contributed by atoms with Gasteiger partial charge in [0, 0.05) is 12.1 Å². The molecule has 208 valence electrons. The second kappa shape index (κ2) is 11.0. The third kappa shape index (κ3) is 5.74. The fourth-order valence-electron chi connectivity index (χ4n) is 4.75. The molecular weight excluding hydrogens is 543 g/mol. The van der Waals surface area contributed by atoms with Crippen LogP contribution < -0.4 is 10.6 Å². The van der Waals surface area contributed by atoms with Crippen LogP contribution >= 0.6 is 7.82 Å². The molecule has 40 heavy (non-hydrogen) atoms. The SMILES string of the molecule is O=C(Nc1ccccc1)Nc1ncnc2c1ncn2C1O[C@H](COP(=O)(O)O)C2OC(Cc3ccccc3)OC21. The lowest BCUT2D eigenvalue weighted by Gasteiger charge is -2.21. The molecule has 2 aromatic heterocycles. The number of anilines is 2. The van der Waals surface area contributed by atoms with Gasteiger partial charge >= 0.3 is 13.9 Å². The maximum absolute atomic E-state index is 12.6. The summed E-state index contributed by atoms with van der Waals surface area (Å²) in [5.74, 6) is 0.179. The van der Waals surface area contributed by atoms with Gasteiger partial charge in [-0.25, -0.2) is 24.3 Å². The number of rotatable bonds is 8. The topological polar surface area (TPSA) is 179 Å². The van der Waals surface area contributed by atoms with Gasteiger partial charge in [0.25, 0.3) is 0 Å². The van der Waals surface area contributed by atoms with Gasteiger partial charge in [-0.15, -0.1) is 0 Å². The van der Waals surface area contributed by atoms with Gasteiger partial charge in [-0.3, -0.25) is 14.4 Å². The molecule has 2 fully saturated rings. The Morgan fingerprint density at radius 1 is 0.950 bits per heavy atom. The minimum atomic E-state index is -4.75. The number of carbonyl (C=O) groups is 1. The fourth-order valence-corrected chi connectivity index (χ4v) is 5.09. The van der Waals surface area contributed by atoms with Gasteiger partial charge in [0.2, 0.25) is 0 Å². The van der Waals surface area contributed by atoms with Gasteiger partial charge in [-0.05, 0) is 17.7 Å². The maximum atomic E-state index is 12.6. The first-order valence-electron chi connectivity index (χ1n) is 12.3. The number of nitrogens with zero attached hydrogens (tertiary/aromatic N) is 4. The molecule has 4 aromatic rings. The number of phosphoric ester groups is 1. The molecule has 2 aliphatic rings. The molecule has 0 spiro atoms. The van der Waals surface area contributed by atoms with Crippen molar-refractivity contribution in [1.82, 2.24) is 19.5 Å². The highest BCUT2D eigenvalue weighted by molar-refractivity contribution is 7.46. The van der Waals surface area contributed by atoms with Gasteiger partial charge in [0.1, 0.15) is 24.6 Å². The van der Waals surface area contributed by atoms with Crippen molar-refractivity contribution in [3.8, 4) is 0 Å². The number of benzene rings is 2. The lowest BCUT2D eigenvalue weighted by atomic mass is 10.1. The van der Waals surface area contributed by atoms with E-state index in [0.717, 1.165) is 5.56 Å². The number of para-hydroxylation sites is 1. The average Bonchev–Trinajstić information content (AvgIpc) is 3.62. The van der Waals surface area contributed by atoms with Crippen LogP contribution in [0.5, 0.6) is 0 Å². The first kappa shape index (κ1) is 26.5. The van der Waals surface area contributed by atoms with Crippen LogP contribution in [0.3, 0.4) is 0 Å². The van der Waals surface area contributed by atoms with Gasteiger partial charge < -0.3 is 29.3 Å². The fraction of sp³-hybridized carbons (Fsp3) is 0.280.